The van der Waals surface area contributed by atoms with Crippen molar-refractivity contribution < 1.29 is 9.72 Å². The number of non-ortho nitro benzene ring substituents is 1. The summed E-state index contributed by atoms with van der Waals surface area (Å²) in [7, 11) is 0. The van der Waals surface area contributed by atoms with Crippen molar-refractivity contribution in [3.63, 3.8) is 0 Å². The van der Waals surface area contributed by atoms with Crippen LogP contribution in [0.5, 0.6) is 0 Å². The molecule has 2 aromatic carbocycles. The maximum Gasteiger partial charge on any atom is 0.275 e. The minimum absolute atomic E-state index is 0.0132. The lowest BCUT2D eigenvalue weighted by Crippen LogP contribution is -2.15. The van der Waals surface area contributed by atoms with Gasteiger partial charge < -0.3 is 10.3 Å². The predicted octanol–water partition coefficient (Wildman–Crippen LogP) is 4.94. The predicted molar refractivity (Wildman–Crippen MR) is 118 cm³/mol. The van der Waals surface area contributed by atoms with E-state index in [-0.39, 0.29) is 11.4 Å². The van der Waals surface area contributed by atoms with Crippen molar-refractivity contribution in [1.29, 1.82) is 0 Å². The van der Waals surface area contributed by atoms with Crippen LogP contribution in [0.3, 0.4) is 0 Å². The molecule has 3 heterocycles. The lowest BCUT2D eigenvalue weighted by atomic mass is 10.1. The largest absolute Gasteiger partial charge is 0.353 e. The molecule has 0 saturated heterocycles. The van der Waals surface area contributed by atoms with Gasteiger partial charge in [0.25, 0.3) is 11.6 Å². The standard InChI is InChI=1S/C23H15N5O3/c29-23(27-20-7-3-4-12-24-20)19-13-17-16-5-1-2-6-18(16)25-22(17)21(26-19)14-8-10-15(11-9-14)28(30)31/h1-13,25H,(H,24,27,29). The van der Waals surface area contributed by atoms with Gasteiger partial charge in [-0.15, -0.1) is 0 Å². The molecule has 0 fully saturated rings. The summed E-state index contributed by atoms with van der Waals surface area (Å²) in [6, 6.07) is 20.8. The van der Waals surface area contributed by atoms with E-state index >= 15 is 0 Å². The molecule has 31 heavy (non-hydrogen) atoms. The van der Waals surface area contributed by atoms with Gasteiger partial charge in [0.1, 0.15) is 11.5 Å². The molecule has 3 aromatic heterocycles. The van der Waals surface area contributed by atoms with Gasteiger partial charge >= 0.3 is 0 Å². The van der Waals surface area contributed by atoms with E-state index in [9.17, 15) is 14.9 Å². The quantitative estimate of drug-likeness (QED) is 0.322. The summed E-state index contributed by atoms with van der Waals surface area (Å²) in [5.41, 5.74) is 3.07. The maximum absolute atomic E-state index is 12.9. The Hall–Kier alpha value is -4.59. The monoisotopic (exact) mass is 409 g/mol. The molecule has 8 nitrogen and oxygen atoms in total. The Bertz CT molecular complexity index is 1440. The van der Waals surface area contributed by atoms with Crippen LogP contribution in [0.4, 0.5) is 11.5 Å². The van der Waals surface area contributed by atoms with Gasteiger partial charge in [-0.25, -0.2) is 9.97 Å². The zero-order valence-electron chi connectivity index (χ0n) is 16.1. The van der Waals surface area contributed by atoms with Crippen molar-refractivity contribution >= 4 is 39.2 Å². The Balaban J connectivity index is 1.69. The van der Waals surface area contributed by atoms with E-state index in [1.165, 1.54) is 12.1 Å². The number of para-hydroxylation sites is 1. The number of nitrogens with zero attached hydrogens (tertiary/aromatic N) is 3. The van der Waals surface area contributed by atoms with Gasteiger partial charge in [-0.3, -0.25) is 14.9 Å². The first-order valence-electron chi connectivity index (χ1n) is 9.49. The molecular weight excluding hydrogens is 394 g/mol. The fourth-order valence-corrected chi connectivity index (χ4v) is 3.53. The SMILES string of the molecule is O=C(Nc1ccccn1)c1cc2c([nH]c3ccccc32)c(-c2ccc([N+](=O)[O-])cc2)n1. The number of aromatic nitrogens is 3. The summed E-state index contributed by atoms with van der Waals surface area (Å²) in [4.78, 5) is 35.6. The van der Waals surface area contributed by atoms with Crippen LogP contribution in [0.15, 0.2) is 79.0 Å². The van der Waals surface area contributed by atoms with Crippen molar-refractivity contribution in [2.45, 2.75) is 0 Å². The molecule has 0 aliphatic carbocycles. The van der Waals surface area contributed by atoms with Crippen LogP contribution in [0.1, 0.15) is 10.5 Å². The van der Waals surface area contributed by atoms with E-state index in [2.05, 4.69) is 20.3 Å². The van der Waals surface area contributed by atoms with E-state index in [1.807, 2.05) is 24.3 Å². The van der Waals surface area contributed by atoms with E-state index in [1.54, 1.807) is 42.6 Å². The number of hydrogen-bond donors (Lipinski definition) is 2. The topological polar surface area (TPSA) is 114 Å². The molecule has 0 atom stereocenters. The average molecular weight is 409 g/mol. The zero-order valence-corrected chi connectivity index (χ0v) is 16.1. The number of nitro benzene ring substituents is 1. The highest BCUT2D eigenvalue weighted by Gasteiger charge is 2.18. The third-order valence-electron chi connectivity index (χ3n) is 4.99. The van der Waals surface area contributed by atoms with Crippen molar-refractivity contribution in [3.8, 4) is 11.3 Å². The third-order valence-corrected chi connectivity index (χ3v) is 4.99. The van der Waals surface area contributed by atoms with Gasteiger partial charge in [0.15, 0.2) is 0 Å². The summed E-state index contributed by atoms with van der Waals surface area (Å²) in [6.45, 7) is 0. The summed E-state index contributed by atoms with van der Waals surface area (Å²) >= 11 is 0. The summed E-state index contributed by atoms with van der Waals surface area (Å²) in [6.07, 6.45) is 1.59. The lowest BCUT2D eigenvalue weighted by molar-refractivity contribution is -0.384. The zero-order chi connectivity index (χ0) is 21.4. The average Bonchev–Trinajstić information content (AvgIpc) is 3.18. The number of carbonyl (C=O) groups is 1. The Labute approximate surface area is 175 Å². The van der Waals surface area contributed by atoms with Gasteiger partial charge in [0.2, 0.25) is 0 Å². The van der Waals surface area contributed by atoms with Gasteiger partial charge in [-0.05, 0) is 36.4 Å². The number of carbonyl (C=O) groups excluding carboxylic acids is 1. The maximum atomic E-state index is 12.9. The first-order valence-corrected chi connectivity index (χ1v) is 9.49. The summed E-state index contributed by atoms with van der Waals surface area (Å²) in [5.74, 6) is 0.0271. The van der Waals surface area contributed by atoms with E-state index in [4.69, 9.17) is 0 Å². The van der Waals surface area contributed by atoms with Crippen molar-refractivity contribution in [1.82, 2.24) is 15.0 Å². The lowest BCUT2D eigenvalue weighted by Gasteiger charge is -2.08. The highest BCUT2D eigenvalue weighted by Crippen LogP contribution is 2.33. The molecule has 0 spiro atoms. The molecule has 5 aromatic rings. The van der Waals surface area contributed by atoms with Crippen LogP contribution in [-0.2, 0) is 0 Å². The summed E-state index contributed by atoms with van der Waals surface area (Å²) in [5, 5.41) is 15.6. The number of pyridine rings is 2. The highest BCUT2D eigenvalue weighted by atomic mass is 16.6. The number of nitrogens with one attached hydrogen (secondary N) is 2. The Morgan fingerprint density at radius 2 is 1.74 bits per heavy atom. The molecule has 0 aliphatic rings. The van der Waals surface area contributed by atoms with Crippen LogP contribution in [0.25, 0.3) is 33.1 Å². The number of H-pyrrole nitrogens is 1. The van der Waals surface area contributed by atoms with E-state index in [0.29, 0.717) is 17.1 Å². The van der Waals surface area contributed by atoms with E-state index < -0.39 is 10.8 Å². The highest BCUT2D eigenvalue weighted by molar-refractivity contribution is 6.14. The van der Waals surface area contributed by atoms with Crippen LogP contribution in [-0.4, -0.2) is 25.8 Å². The van der Waals surface area contributed by atoms with Crippen molar-refractivity contribution in [2.75, 3.05) is 5.32 Å². The minimum Gasteiger partial charge on any atom is -0.353 e. The van der Waals surface area contributed by atoms with E-state index in [0.717, 1.165) is 21.8 Å². The second kappa shape index (κ2) is 7.34. The number of nitro groups is 1. The minimum atomic E-state index is -0.452. The molecule has 2 N–H and O–H groups in total. The third kappa shape index (κ3) is 3.36. The second-order valence-corrected chi connectivity index (χ2v) is 6.92. The number of aromatic amines is 1. The van der Waals surface area contributed by atoms with Crippen LogP contribution >= 0.6 is 0 Å². The van der Waals surface area contributed by atoms with Gasteiger partial charge in [0, 0.05) is 40.2 Å². The van der Waals surface area contributed by atoms with Crippen molar-refractivity contribution in [3.05, 3.63) is 94.8 Å². The van der Waals surface area contributed by atoms with Gasteiger partial charge in [-0.2, -0.15) is 0 Å². The number of amides is 1. The molecule has 0 radical (unpaired) electrons. The number of hydrogen-bond acceptors (Lipinski definition) is 5. The second-order valence-electron chi connectivity index (χ2n) is 6.92. The molecule has 0 unspecified atom stereocenters. The fourth-order valence-electron chi connectivity index (χ4n) is 3.53. The van der Waals surface area contributed by atoms with Crippen LogP contribution < -0.4 is 5.32 Å². The Morgan fingerprint density at radius 3 is 2.48 bits per heavy atom. The molecule has 150 valence electrons. The Morgan fingerprint density at radius 1 is 0.968 bits per heavy atom. The van der Waals surface area contributed by atoms with Gasteiger partial charge in [0.05, 0.1) is 16.1 Å². The molecular formula is C23H15N5O3. The molecule has 0 bridgehead atoms. The van der Waals surface area contributed by atoms with Crippen LogP contribution in [0.2, 0.25) is 0 Å². The van der Waals surface area contributed by atoms with Crippen LogP contribution in [0, 0.1) is 10.1 Å². The van der Waals surface area contributed by atoms with Crippen molar-refractivity contribution in [2.24, 2.45) is 0 Å². The van der Waals surface area contributed by atoms with Gasteiger partial charge in [-0.1, -0.05) is 24.3 Å². The first-order chi connectivity index (χ1) is 15.1. The number of benzene rings is 2. The number of anilines is 1. The molecule has 8 heteroatoms. The molecule has 0 saturated carbocycles. The first kappa shape index (κ1) is 18.4. The fraction of sp³-hybridized carbons (Fsp3) is 0. The smallest absolute Gasteiger partial charge is 0.275 e. The molecule has 1 amide bonds. The number of rotatable bonds is 4. The molecule has 0 aliphatic heterocycles. The normalized spacial score (nSPS) is 11.0. The number of fused-ring (bicyclic) bond motifs is 3. The Kier molecular flexibility index (Phi) is 4.37. The molecule has 5 rings (SSSR count). The summed E-state index contributed by atoms with van der Waals surface area (Å²) < 4.78 is 0.